The molecule has 1 saturated heterocycles. The van der Waals surface area contributed by atoms with E-state index in [2.05, 4.69) is 14.8 Å². The number of ether oxygens (including phenoxy) is 1. The van der Waals surface area contributed by atoms with E-state index in [-0.39, 0.29) is 31.0 Å². The molecule has 1 atom stereocenters. The van der Waals surface area contributed by atoms with E-state index in [1.807, 2.05) is 35.5 Å². The molecular formula is C21H25N5O3. The van der Waals surface area contributed by atoms with Crippen molar-refractivity contribution < 1.29 is 14.3 Å². The molecule has 3 aliphatic rings. The molecule has 0 N–H and O–H groups in total. The van der Waals surface area contributed by atoms with Crippen molar-refractivity contribution in [2.75, 3.05) is 24.6 Å². The second-order valence-electron chi connectivity index (χ2n) is 8.04. The number of carbonyl (C=O) groups excluding carboxylic acids is 2. The first kappa shape index (κ1) is 18.1. The highest BCUT2D eigenvalue weighted by molar-refractivity contribution is 6.02. The van der Waals surface area contributed by atoms with Crippen molar-refractivity contribution in [3.63, 3.8) is 0 Å². The number of aromatic nitrogens is 3. The summed E-state index contributed by atoms with van der Waals surface area (Å²) in [6, 6.07) is 8.13. The molecule has 1 saturated carbocycles. The van der Waals surface area contributed by atoms with E-state index >= 15 is 0 Å². The summed E-state index contributed by atoms with van der Waals surface area (Å²) >= 11 is 0. The summed E-state index contributed by atoms with van der Waals surface area (Å²) in [7, 11) is 0. The standard InChI is InChI=1S/C21H25N5O3/c27-20(12-25-17-5-1-2-6-18(17)29-13-21(25)28)24-11-3-4-15(24)9-10-19-23-22-14-26(19)16-7-8-16/h1-2,5-6,14-16H,3-4,7-13H2. The summed E-state index contributed by atoms with van der Waals surface area (Å²) in [5.41, 5.74) is 0.672. The Kier molecular flexibility index (Phi) is 4.69. The molecule has 8 heteroatoms. The van der Waals surface area contributed by atoms with Gasteiger partial charge in [-0.15, -0.1) is 10.2 Å². The van der Waals surface area contributed by atoms with Gasteiger partial charge in [0.1, 0.15) is 24.4 Å². The summed E-state index contributed by atoms with van der Waals surface area (Å²) in [5.74, 6) is 1.49. The van der Waals surface area contributed by atoms with Crippen LogP contribution < -0.4 is 9.64 Å². The summed E-state index contributed by atoms with van der Waals surface area (Å²) in [5, 5.41) is 8.35. The molecule has 2 fully saturated rings. The van der Waals surface area contributed by atoms with Gasteiger partial charge in [0.05, 0.1) is 5.69 Å². The van der Waals surface area contributed by atoms with Crippen LogP contribution in [-0.4, -0.2) is 57.2 Å². The zero-order chi connectivity index (χ0) is 19.8. The lowest BCUT2D eigenvalue weighted by atomic mass is 10.1. The Balaban J connectivity index is 1.24. The van der Waals surface area contributed by atoms with Crippen LogP contribution >= 0.6 is 0 Å². The zero-order valence-corrected chi connectivity index (χ0v) is 16.4. The lowest BCUT2D eigenvalue weighted by molar-refractivity contribution is -0.132. The van der Waals surface area contributed by atoms with Gasteiger partial charge in [0.25, 0.3) is 5.91 Å². The van der Waals surface area contributed by atoms with Gasteiger partial charge >= 0.3 is 0 Å². The minimum absolute atomic E-state index is 0.00112. The van der Waals surface area contributed by atoms with E-state index in [0.717, 1.165) is 38.1 Å². The number of hydrogen-bond acceptors (Lipinski definition) is 5. The third-order valence-electron chi connectivity index (χ3n) is 6.09. The third-order valence-corrected chi connectivity index (χ3v) is 6.09. The number of carbonyl (C=O) groups is 2. The highest BCUT2D eigenvalue weighted by Gasteiger charge is 2.33. The molecule has 1 aromatic carbocycles. The average molecular weight is 395 g/mol. The molecule has 0 bridgehead atoms. The fourth-order valence-corrected chi connectivity index (χ4v) is 4.42. The second kappa shape index (κ2) is 7.50. The van der Waals surface area contributed by atoms with Crippen LogP contribution in [0.5, 0.6) is 5.75 Å². The van der Waals surface area contributed by atoms with Gasteiger partial charge < -0.3 is 14.2 Å². The van der Waals surface area contributed by atoms with Crippen molar-refractivity contribution >= 4 is 17.5 Å². The maximum absolute atomic E-state index is 13.1. The first-order valence-corrected chi connectivity index (χ1v) is 10.4. The molecule has 0 radical (unpaired) electrons. The number of amides is 2. The molecule has 5 rings (SSSR count). The van der Waals surface area contributed by atoms with Crippen LogP contribution in [0.1, 0.15) is 44.0 Å². The Morgan fingerprint density at radius 2 is 2.07 bits per heavy atom. The van der Waals surface area contributed by atoms with Crippen LogP contribution in [0.4, 0.5) is 5.69 Å². The lowest BCUT2D eigenvalue weighted by Gasteiger charge is -2.32. The molecule has 2 aliphatic heterocycles. The summed E-state index contributed by atoms with van der Waals surface area (Å²) in [6.07, 6.45) is 7.93. The lowest BCUT2D eigenvalue weighted by Crippen LogP contribution is -2.47. The van der Waals surface area contributed by atoms with E-state index in [1.54, 1.807) is 4.90 Å². The SMILES string of the molecule is O=C1COc2ccccc2N1CC(=O)N1CCCC1CCc1nncn1C1CC1. The van der Waals surface area contributed by atoms with Crippen molar-refractivity contribution in [3.8, 4) is 5.75 Å². The van der Waals surface area contributed by atoms with Gasteiger partial charge in [-0.05, 0) is 44.2 Å². The number of rotatable bonds is 6. The second-order valence-corrected chi connectivity index (χ2v) is 8.04. The Labute approximate surface area is 169 Å². The molecule has 152 valence electrons. The van der Waals surface area contributed by atoms with Gasteiger partial charge in [0.2, 0.25) is 5.91 Å². The number of nitrogens with zero attached hydrogens (tertiary/aromatic N) is 5. The predicted molar refractivity (Wildman–Crippen MR) is 106 cm³/mol. The Bertz CT molecular complexity index is 923. The minimum Gasteiger partial charge on any atom is -0.482 e. The van der Waals surface area contributed by atoms with Gasteiger partial charge in [0.15, 0.2) is 6.61 Å². The molecule has 29 heavy (non-hydrogen) atoms. The summed E-state index contributed by atoms with van der Waals surface area (Å²) in [6.45, 7) is 0.789. The number of para-hydroxylation sites is 2. The number of likely N-dealkylation sites (tertiary alicyclic amines) is 1. The quantitative estimate of drug-likeness (QED) is 0.747. The molecule has 2 aromatic rings. The van der Waals surface area contributed by atoms with Crippen LogP contribution in [0.2, 0.25) is 0 Å². The average Bonchev–Trinajstić information content (AvgIpc) is 3.28. The van der Waals surface area contributed by atoms with E-state index in [0.29, 0.717) is 17.5 Å². The van der Waals surface area contributed by atoms with Crippen LogP contribution in [0.25, 0.3) is 0 Å². The summed E-state index contributed by atoms with van der Waals surface area (Å²) in [4.78, 5) is 29.0. The van der Waals surface area contributed by atoms with E-state index in [4.69, 9.17) is 4.74 Å². The Hall–Kier alpha value is -2.90. The molecule has 8 nitrogen and oxygen atoms in total. The van der Waals surface area contributed by atoms with Crippen molar-refractivity contribution in [2.45, 2.75) is 50.6 Å². The number of anilines is 1. The topological polar surface area (TPSA) is 80.6 Å². The molecule has 2 amide bonds. The first-order chi connectivity index (χ1) is 14.2. The van der Waals surface area contributed by atoms with Crippen LogP contribution in [0, 0.1) is 0 Å². The third kappa shape index (κ3) is 3.59. The molecular weight excluding hydrogens is 370 g/mol. The summed E-state index contributed by atoms with van der Waals surface area (Å²) < 4.78 is 7.66. The fourth-order valence-electron chi connectivity index (χ4n) is 4.42. The maximum Gasteiger partial charge on any atom is 0.265 e. The number of hydrogen-bond donors (Lipinski definition) is 0. The van der Waals surface area contributed by atoms with Crippen LogP contribution in [0.3, 0.4) is 0 Å². The molecule has 0 spiro atoms. The van der Waals surface area contributed by atoms with E-state index in [1.165, 1.54) is 12.8 Å². The highest BCUT2D eigenvalue weighted by Crippen LogP contribution is 2.36. The molecule has 1 aliphatic carbocycles. The molecule has 1 unspecified atom stereocenters. The van der Waals surface area contributed by atoms with Crippen molar-refractivity contribution in [1.29, 1.82) is 0 Å². The van der Waals surface area contributed by atoms with Crippen molar-refractivity contribution in [1.82, 2.24) is 19.7 Å². The normalized spacial score (nSPS) is 21.2. The molecule has 1 aromatic heterocycles. The Morgan fingerprint density at radius 3 is 2.93 bits per heavy atom. The van der Waals surface area contributed by atoms with Gasteiger partial charge in [-0.1, -0.05) is 12.1 Å². The minimum atomic E-state index is -0.176. The van der Waals surface area contributed by atoms with Gasteiger partial charge in [-0.25, -0.2) is 0 Å². The van der Waals surface area contributed by atoms with E-state index in [9.17, 15) is 9.59 Å². The largest absolute Gasteiger partial charge is 0.482 e. The van der Waals surface area contributed by atoms with E-state index < -0.39 is 0 Å². The van der Waals surface area contributed by atoms with Crippen LogP contribution in [-0.2, 0) is 16.0 Å². The van der Waals surface area contributed by atoms with Crippen molar-refractivity contribution in [2.24, 2.45) is 0 Å². The van der Waals surface area contributed by atoms with Gasteiger partial charge in [0, 0.05) is 25.0 Å². The zero-order valence-electron chi connectivity index (χ0n) is 16.4. The van der Waals surface area contributed by atoms with Gasteiger partial charge in [-0.3, -0.25) is 14.5 Å². The Morgan fingerprint density at radius 1 is 1.21 bits per heavy atom. The monoisotopic (exact) mass is 395 g/mol. The number of fused-ring (bicyclic) bond motifs is 1. The molecule has 3 heterocycles. The number of aryl methyl sites for hydroxylation is 1. The van der Waals surface area contributed by atoms with Gasteiger partial charge in [-0.2, -0.15) is 0 Å². The number of benzene rings is 1. The fraction of sp³-hybridized carbons (Fsp3) is 0.524. The first-order valence-electron chi connectivity index (χ1n) is 10.4. The maximum atomic E-state index is 13.1. The highest BCUT2D eigenvalue weighted by atomic mass is 16.5. The predicted octanol–water partition coefficient (Wildman–Crippen LogP) is 1.96. The smallest absolute Gasteiger partial charge is 0.265 e. The van der Waals surface area contributed by atoms with Crippen molar-refractivity contribution in [3.05, 3.63) is 36.4 Å². The van der Waals surface area contributed by atoms with Crippen LogP contribution in [0.15, 0.2) is 30.6 Å².